The lowest BCUT2D eigenvalue weighted by molar-refractivity contribution is 0.503. The van der Waals surface area contributed by atoms with E-state index < -0.39 is 0 Å². The van der Waals surface area contributed by atoms with E-state index in [2.05, 4.69) is 53.6 Å². The van der Waals surface area contributed by atoms with Crippen LogP contribution in [-0.2, 0) is 13.0 Å². The van der Waals surface area contributed by atoms with Crippen molar-refractivity contribution in [1.29, 1.82) is 0 Å². The van der Waals surface area contributed by atoms with Gasteiger partial charge in [0.25, 0.3) is 0 Å². The zero-order valence-electron chi connectivity index (χ0n) is 11.4. The first kappa shape index (κ1) is 13.5. The van der Waals surface area contributed by atoms with Gasteiger partial charge in [0, 0.05) is 0 Å². The maximum atomic E-state index is 5.43. The highest BCUT2D eigenvalue weighted by Crippen LogP contribution is 2.19. The third-order valence-corrected chi connectivity index (χ3v) is 3.00. The van der Waals surface area contributed by atoms with Gasteiger partial charge in [0.05, 0.1) is 12.6 Å². The molecule has 1 heterocycles. The summed E-state index contributed by atoms with van der Waals surface area (Å²) in [6.07, 6.45) is 2.28. The highest BCUT2D eigenvalue weighted by Gasteiger charge is 2.10. The van der Waals surface area contributed by atoms with Gasteiger partial charge in [-0.2, -0.15) is 0 Å². The largest absolute Gasteiger partial charge is 0.407 e. The number of aryl methyl sites for hydroxylation is 1. The average molecular weight is 260 g/mol. The number of rotatable bonds is 6. The van der Waals surface area contributed by atoms with Crippen LogP contribution in [0.15, 0.2) is 28.7 Å². The van der Waals surface area contributed by atoms with Crippen molar-refractivity contribution in [3.8, 4) is 0 Å². The minimum absolute atomic E-state index is 0.113. The smallest absolute Gasteiger partial charge is 0.315 e. The van der Waals surface area contributed by atoms with Gasteiger partial charge in [-0.1, -0.05) is 42.7 Å². The Morgan fingerprint density at radius 2 is 2.00 bits per heavy atom. The Morgan fingerprint density at radius 1 is 1.26 bits per heavy atom. The van der Waals surface area contributed by atoms with Gasteiger partial charge in [-0.05, 0) is 24.5 Å². The lowest BCUT2D eigenvalue weighted by atomic mass is 10.0. The van der Waals surface area contributed by atoms with Crippen LogP contribution in [0.2, 0.25) is 0 Å². The molecule has 19 heavy (non-hydrogen) atoms. The molecule has 5 heteroatoms. The van der Waals surface area contributed by atoms with Gasteiger partial charge in [-0.15, -0.1) is 5.10 Å². The van der Waals surface area contributed by atoms with Crippen molar-refractivity contribution in [2.24, 2.45) is 5.73 Å². The van der Waals surface area contributed by atoms with Crippen molar-refractivity contribution in [3.05, 3.63) is 41.3 Å². The fourth-order valence-electron chi connectivity index (χ4n) is 1.92. The van der Waals surface area contributed by atoms with E-state index in [1.165, 1.54) is 11.1 Å². The van der Waals surface area contributed by atoms with E-state index in [0.29, 0.717) is 11.9 Å². The molecule has 0 aliphatic carbocycles. The predicted molar refractivity (Wildman–Crippen MR) is 74.7 cm³/mol. The standard InChI is InChI=1S/C14H20N4O/c1-3-4-11-5-7-12(8-6-11)10(2)16-14-18-17-13(9-15)19-14/h5-8,10H,3-4,9,15H2,1-2H3,(H,16,18). The Kier molecular flexibility index (Phi) is 4.52. The van der Waals surface area contributed by atoms with Crippen LogP contribution in [0.3, 0.4) is 0 Å². The maximum absolute atomic E-state index is 5.43. The third-order valence-electron chi connectivity index (χ3n) is 3.00. The molecule has 0 amide bonds. The Bertz CT molecular complexity index is 506. The molecule has 0 radical (unpaired) electrons. The van der Waals surface area contributed by atoms with Crippen LogP contribution in [0.1, 0.15) is 43.3 Å². The molecule has 5 nitrogen and oxygen atoms in total. The Balaban J connectivity index is 2.00. The van der Waals surface area contributed by atoms with Crippen molar-refractivity contribution >= 4 is 6.01 Å². The van der Waals surface area contributed by atoms with Crippen molar-refractivity contribution < 1.29 is 4.42 Å². The van der Waals surface area contributed by atoms with Gasteiger partial charge < -0.3 is 15.5 Å². The molecular weight excluding hydrogens is 240 g/mol. The van der Waals surface area contributed by atoms with Crippen molar-refractivity contribution in [2.75, 3.05) is 5.32 Å². The van der Waals surface area contributed by atoms with Crippen LogP contribution in [-0.4, -0.2) is 10.2 Å². The van der Waals surface area contributed by atoms with Crippen LogP contribution < -0.4 is 11.1 Å². The molecule has 0 saturated carbocycles. The zero-order valence-corrected chi connectivity index (χ0v) is 11.4. The summed E-state index contributed by atoms with van der Waals surface area (Å²) >= 11 is 0. The lowest BCUT2D eigenvalue weighted by Gasteiger charge is -2.12. The zero-order chi connectivity index (χ0) is 13.7. The molecule has 2 aromatic rings. The van der Waals surface area contributed by atoms with E-state index in [9.17, 15) is 0 Å². The highest BCUT2D eigenvalue weighted by atomic mass is 16.4. The van der Waals surface area contributed by atoms with Crippen LogP contribution >= 0.6 is 0 Å². The Morgan fingerprint density at radius 3 is 2.58 bits per heavy atom. The second kappa shape index (κ2) is 6.33. The summed E-state index contributed by atoms with van der Waals surface area (Å²) in [5.41, 5.74) is 7.98. The number of benzene rings is 1. The van der Waals surface area contributed by atoms with Gasteiger partial charge in [-0.25, -0.2) is 0 Å². The molecule has 0 spiro atoms. The Labute approximate surface area is 113 Å². The fourth-order valence-corrected chi connectivity index (χ4v) is 1.92. The predicted octanol–water partition coefficient (Wildman–Crippen LogP) is 2.65. The molecule has 1 aromatic carbocycles. The molecule has 0 saturated heterocycles. The van der Waals surface area contributed by atoms with E-state index in [1.807, 2.05) is 0 Å². The van der Waals surface area contributed by atoms with Crippen LogP contribution in [0.25, 0.3) is 0 Å². The van der Waals surface area contributed by atoms with Gasteiger partial charge in [0.15, 0.2) is 0 Å². The summed E-state index contributed by atoms with van der Waals surface area (Å²) in [5.74, 6) is 0.438. The van der Waals surface area contributed by atoms with E-state index >= 15 is 0 Å². The average Bonchev–Trinajstić information content (AvgIpc) is 2.87. The lowest BCUT2D eigenvalue weighted by Crippen LogP contribution is -2.06. The number of anilines is 1. The highest BCUT2D eigenvalue weighted by molar-refractivity contribution is 5.30. The molecule has 0 aliphatic rings. The second-order valence-corrected chi connectivity index (χ2v) is 4.56. The minimum Gasteiger partial charge on any atom is -0.407 e. The second-order valence-electron chi connectivity index (χ2n) is 4.56. The quantitative estimate of drug-likeness (QED) is 0.835. The molecule has 1 aromatic heterocycles. The van der Waals surface area contributed by atoms with Crippen molar-refractivity contribution in [3.63, 3.8) is 0 Å². The molecule has 1 unspecified atom stereocenters. The van der Waals surface area contributed by atoms with E-state index in [0.717, 1.165) is 12.8 Å². The van der Waals surface area contributed by atoms with Crippen molar-refractivity contribution in [1.82, 2.24) is 10.2 Å². The van der Waals surface area contributed by atoms with Gasteiger partial charge in [0.2, 0.25) is 5.89 Å². The van der Waals surface area contributed by atoms with Crippen LogP contribution in [0.4, 0.5) is 6.01 Å². The summed E-state index contributed by atoms with van der Waals surface area (Å²) in [6, 6.07) is 9.10. The number of hydrogen-bond acceptors (Lipinski definition) is 5. The van der Waals surface area contributed by atoms with E-state index in [1.54, 1.807) is 0 Å². The number of aromatic nitrogens is 2. The van der Waals surface area contributed by atoms with E-state index in [4.69, 9.17) is 10.2 Å². The van der Waals surface area contributed by atoms with Gasteiger partial charge >= 0.3 is 6.01 Å². The molecular formula is C14H20N4O. The molecule has 0 aliphatic heterocycles. The number of nitrogens with zero attached hydrogens (tertiary/aromatic N) is 2. The fraction of sp³-hybridized carbons (Fsp3) is 0.429. The first-order valence-electron chi connectivity index (χ1n) is 6.60. The Hall–Kier alpha value is -1.88. The first-order chi connectivity index (χ1) is 9.22. The maximum Gasteiger partial charge on any atom is 0.315 e. The molecule has 102 valence electrons. The summed E-state index contributed by atoms with van der Waals surface area (Å²) in [7, 11) is 0. The normalized spacial score (nSPS) is 12.4. The summed E-state index contributed by atoms with van der Waals surface area (Å²) < 4.78 is 5.33. The molecule has 3 N–H and O–H groups in total. The molecule has 1 atom stereocenters. The van der Waals surface area contributed by atoms with Crippen LogP contribution in [0.5, 0.6) is 0 Å². The minimum atomic E-state index is 0.113. The molecule has 0 fully saturated rings. The summed E-state index contributed by atoms with van der Waals surface area (Å²) in [4.78, 5) is 0. The molecule has 2 rings (SSSR count). The van der Waals surface area contributed by atoms with Gasteiger partial charge in [-0.3, -0.25) is 0 Å². The number of nitrogens with one attached hydrogen (secondary N) is 1. The third kappa shape index (κ3) is 3.54. The number of hydrogen-bond donors (Lipinski definition) is 2. The first-order valence-corrected chi connectivity index (χ1v) is 6.60. The van der Waals surface area contributed by atoms with Crippen LogP contribution in [0, 0.1) is 0 Å². The van der Waals surface area contributed by atoms with E-state index in [-0.39, 0.29) is 12.6 Å². The topological polar surface area (TPSA) is 77.0 Å². The number of nitrogens with two attached hydrogens (primary N) is 1. The monoisotopic (exact) mass is 260 g/mol. The molecule has 0 bridgehead atoms. The summed E-state index contributed by atoms with van der Waals surface area (Å²) in [5, 5.41) is 10.9. The SMILES string of the molecule is CCCc1ccc(C(C)Nc2nnc(CN)o2)cc1. The van der Waals surface area contributed by atoms with Gasteiger partial charge in [0.1, 0.15) is 0 Å². The summed E-state index contributed by atoms with van der Waals surface area (Å²) in [6.45, 7) is 4.50. The van der Waals surface area contributed by atoms with Crippen molar-refractivity contribution in [2.45, 2.75) is 39.3 Å².